The summed E-state index contributed by atoms with van der Waals surface area (Å²) in [6.07, 6.45) is 0. The van der Waals surface area contributed by atoms with E-state index in [9.17, 15) is 25.2 Å². The van der Waals surface area contributed by atoms with E-state index in [2.05, 4.69) is 0 Å². The van der Waals surface area contributed by atoms with Gasteiger partial charge in [-0.2, -0.15) is 0 Å². The van der Waals surface area contributed by atoms with Crippen LogP contribution in [-0.2, 0) is 0 Å². The highest BCUT2D eigenvalue weighted by atomic mass is 16.5. The number of phenolic OH excluding ortho intramolecular Hbond substituents is 3. The van der Waals surface area contributed by atoms with Crippen molar-refractivity contribution >= 4 is 11.0 Å². The Morgan fingerprint density at radius 2 is 1.74 bits per heavy atom. The Labute approximate surface area is 129 Å². The van der Waals surface area contributed by atoms with Gasteiger partial charge in [0.2, 0.25) is 5.75 Å². The lowest BCUT2D eigenvalue weighted by Gasteiger charge is -2.11. The summed E-state index contributed by atoms with van der Waals surface area (Å²) < 4.78 is 9.89. The molecule has 0 aliphatic rings. The average molecular weight is 316 g/mol. The SMILES string of the molecule is COc1cc(-c2c(O)c(=O)oc3cc(O)cc(O)c23)ccc1O. The van der Waals surface area contributed by atoms with E-state index in [1.54, 1.807) is 0 Å². The highest BCUT2D eigenvalue weighted by molar-refractivity contribution is 6.01. The predicted octanol–water partition coefficient (Wildman–Crippen LogP) is 2.29. The monoisotopic (exact) mass is 316 g/mol. The van der Waals surface area contributed by atoms with E-state index in [0.29, 0.717) is 5.56 Å². The van der Waals surface area contributed by atoms with Gasteiger partial charge in [0.1, 0.15) is 17.1 Å². The number of methoxy groups -OCH3 is 1. The van der Waals surface area contributed by atoms with Crippen molar-refractivity contribution in [2.45, 2.75) is 0 Å². The normalized spacial score (nSPS) is 10.8. The molecular formula is C16H12O7. The molecule has 0 aliphatic heterocycles. The van der Waals surface area contributed by atoms with Crippen LogP contribution in [0, 0.1) is 0 Å². The second-order valence-corrected chi connectivity index (χ2v) is 4.84. The molecule has 0 saturated carbocycles. The fraction of sp³-hybridized carbons (Fsp3) is 0.0625. The Bertz CT molecular complexity index is 972. The van der Waals surface area contributed by atoms with Crippen molar-refractivity contribution in [3.05, 3.63) is 40.8 Å². The van der Waals surface area contributed by atoms with Gasteiger partial charge in [-0.3, -0.25) is 0 Å². The zero-order valence-electron chi connectivity index (χ0n) is 11.9. The van der Waals surface area contributed by atoms with Crippen molar-refractivity contribution in [3.8, 4) is 39.9 Å². The summed E-state index contributed by atoms with van der Waals surface area (Å²) in [6.45, 7) is 0. The van der Waals surface area contributed by atoms with Crippen molar-refractivity contribution in [3.63, 3.8) is 0 Å². The van der Waals surface area contributed by atoms with Crippen LogP contribution in [0.15, 0.2) is 39.5 Å². The number of benzene rings is 2. The van der Waals surface area contributed by atoms with Crippen molar-refractivity contribution in [1.29, 1.82) is 0 Å². The van der Waals surface area contributed by atoms with Gasteiger partial charge in [-0.05, 0) is 17.7 Å². The topological polar surface area (TPSA) is 120 Å². The van der Waals surface area contributed by atoms with Crippen LogP contribution in [0.2, 0.25) is 0 Å². The minimum atomic E-state index is -1.02. The summed E-state index contributed by atoms with van der Waals surface area (Å²) in [4.78, 5) is 11.8. The van der Waals surface area contributed by atoms with Gasteiger partial charge in [0.15, 0.2) is 11.5 Å². The molecule has 1 heterocycles. The molecule has 0 radical (unpaired) electrons. The smallest absolute Gasteiger partial charge is 0.379 e. The first-order chi connectivity index (χ1) is 10.9. The van der Waals surface area contributed by atoms with E-state index in [1.165, 1.54) is 25.3 Å². The van der Waals surface area contributed by atoms with Gasteiger partial charge in [0.25, 0.3) is 0 Å². The molecule has 0 bridgehead atoms. The first-order valence-corrected chi connectivity index (χ1v) is 6.51. The summed E-state index contributed by atoms with van der Waals surface area (Å²) in [6, 6.07) is 6.37. The Hall–Kier alpha value is -3.35. The molecule has 0 spiro atoms. The third kappa shape index (κ3) is 2.28. The van der Waals surface area contributed by atoms with E-state index >= 15 is 0 Å². The quantitative estimate of drug-likeness (QED) is 0.535. The number of aromatic hydroxyl groups is 4. The molecule has 0 saturated heterocycles. The van der Waals surface area contributed by atoms with Crippen LogP contribution in [0.25, 0.3) is 22.1 Å². The molecule has 7 nitrogen and oxygen atoms in total. The standard InChI is InChI=1S/C16H12O7/c1-22-11-4-7(2-3-9(11)18)13-14-10(19)5-8(17)6-12(14)23-16(21)15(13)20/h2-6,17-20H,1H3. The van der Waals surface area contributed by atoms with Gasteiger partial charge in [-0.25, -0.2) is 4.79 Å². The van der Waals surface area contributed by atoms with E-state index in [-0.39, 0.29) is 39.5 Å². The molecule has 3 aromatic rings. The first-order valence-electron chi connectivity index (χ1n) is 6.51. The third-order valence-corrected chi connectivity index (χ3v) is 3.42. The number of fused-ring (bicyclic) bond motifs is 1. The number of rotatable bonds is 2. The fourth-order valence-corrected chi connectivity index (χ4v) is 2.40. The van der Waals surface area contributed by atoms with Crippen LogP contribution in [0.4, 0.5) is 0 Å². The van der Waals surface area contributed by atoms with E-state index in [4.69, 9.17) is 9.15 Å². The molecule has 4 N–H and O–H groups in total. The lowest BCUT2D eigenvalue weighted by atomic mass is 9.99. The Balaban J connectivity index is 2.45. The highest BCUT2D eigenvalue weighted by Gasteiger charge is 2.20. The van der Waals surface area contributed by atoms with Crippen LogP contribution in [0.5, 0.6) is 28.7 Å². The number of ether oxygens (including phenoxy) is 1. The largest absolute Gasteiger partial charge is 0.508 e. The summed E-state index contributed by atoms with van der Waals surface area (Å²) in [5, 5.41) is 39.4. The molecular weight excluding hydrogens is 304 g/mol. The summed E-state index contributed by atoms with van der Waals surface area (Å²) in [5.41, 5.74) is -0.792. The van der Waals surface area contributed by atoms with Crippen molar-refractivity contribution in [1.82, 2.24) is 0 Å². The summed E-state index contributed by atoms with van der Waals surface area (Å²) >= 11 is 0. The Morgan fingerprint density at radius 1 is 1.00 bits per heavy atom. The van der Waals surface area contributed by atoms with Crippen LogP contribution < -0.4 is 10.4 Å². The van der Waals surface area contributed by atoms with Crippen LogP contribution in [-0.4, -0.2) is 27.5 Å². The molecule has 3 rings (SSSR count). The predicted molar refractivity (Wildman–Crippen MR) is 81.1 cm³/mol. The van der Waals surface area contributed by atoms with Crippen molar-refractivity contribution < 1.29 is 29.6 Å². The maximum atomic E-state index is 11.8. The molecule has 0 fully saturated rings. The Kier molecular flexibility index (Phi) is 3.25. The second-order valence-electron chi connectivity index (χ2n) is 4.84. The lowest BCUT2D eigenvalue weighted by molar-refractivity contribution is 0.373. The lowest BCUT2D eigenvalue weighted by Crippen LogP contribution is -2.01. The van der Waals surface area contributed by atoms with Gasteiger partial charge in [0.05, 0.1) is 12.5 Å². The van der Waals surface area contributed by atoms with Crippen molar-refractivity contribution in [2.24, 2.45) is 0 Å². The second kappa shape index (κ2) is 5.13. The summed E-state index contributed by atoms with van der Waals surface area (Å²) in [7, 11) is 1.35. The number of hydrogen-bond acceptors (Lipinski definition) is 7. The van der Waals surface area contributed by atoms with E-state index < -0.39 is 11.4 Å². The zero-order valence-corrected chi connectivity index (χ0v) is 11.9. The van der Waals surface area contributed by atoms with Gasteiger partial charge in [0, 0.05) is 17.7 Å². The maximum absolute atomic E-state index is 11.8. The minimum absolute atomic E-state index is 0.00653. The van der Waals surface area contributed by atoms with Gasteiger partial charge in [-0.15, -0.1) is 0 Å². The highest BCUT2D eigenvalue weighted by Crippen LogP contribution is 2.42. The van der Waals surface area contributed by atoms with Crippen LogP contribution in [0.3, 0.4) is 0 Å². The number of phenols is 3. The van der Waals surface area contributed by atoms with E-state index in [0.717, 1.165) is 12.1 Å². The molecule has 0 atom stereocenters. The molecule has 0 unspecified atom stereocenters. The first kappa shape index (κ1) is 14.6. The molecule has 0 aliphatic carbocycles. The molecule has 23 heavy (non-hydrogen) atoms. The maximum Gasteiger partial charge on any atom is 0.379 e. The fourth-order valence-electron chi connectivity index (χ4n) is 2.40. The van der Waals surface area contributed by atoms with E-state index in [1.807, 2.05) is 0 Å². The third-order valence-electron chi connectivity index (χ3n) is 3.42. The van der Waals surface area contributed by atoms with Gasteiger partial charge >= 0.3 is 5.63 Å². The summed E-state index contributed by atoms with van der Waals surface area (Å²) in [5.74, 6) is -1.36. The zero-order chi connectivity index (χ0) is 16.7. The average Bonchev–Trinajstić information content (AvgIpc) is 2.50. The molecule has 1 aromatic heterocycles. The van der Waals surface area contributed by atoms with Crippen LogP contribution in [0.1, 0.15) is 0 Å². The van der Waals surface area contributed by atoms with Gasteiger partial charge < -0.3 is 29.6 Å². The van der Waals surface area contributed by atoms with Crippen LogP contribution >= 0.6 is 0 Å². The molecule has 7 heteroatoms. The van der Waals surface area contributed by atoms with Crippen molar-refractivity contribution in [2.75, 3.05) is 7.11 Å². The molecule has 0 amide bonds. The Morgan fingerprint density at radius 3 is 2.43 bits per heavy atom. The number of hydrogen-bond donors (Lipinski definition) is 4. The molecule has 2 aromatic carbocycles. The van der Waals surface area contributed by atoms with Gasteiger partial charge in [-0.1, -0.05) is 6.07 Å². The molecule has 118 valence electrons. The minimum Gasteiger partial charge on any atom is -0.508 e.